The zero-order chi connectivity index (χ0) is 14.9. The zero-order valence-electron chi connectivity index (χ0n) is 11.6. The van der Waals surface area contributed by atoms with Crippen LogP contribution in [0.1, 0.15) is 19.3 Å². The van der Waals surface area contributed by atoms with Gasteiger partial charge in [0.2, 0.25) is 0 Å². The van der Waals surface area contributed by atoms with Gasteiger partial charge in [-0.2, -0.15) is 0 Å². The first kappa shape index (κ1) is 14.8. The summed E-state index contributed by atoms with van der Waals surface area (Å²) in [6.45, 7) is 0.693. The Morgan fingerprint density at radius 2 is 2.05 bits per heavy atom. The van der Waals surface area contributed by atoms with E-state index < -0.39 is 14.8 Å². The summed E-state index contributed by atoms with van der Waals surface area (Å²) in [5.74, 6) is 0.717. The lowest BCUT2D eigenvalue weighted by Crippen LogP contribution is -2.21. The maximum absolute atomic E-state index is 11.7. The van der Waals surface area contributed by atoms with Crippen LogP contribution in [0.3, 0.4) is 0 Å². The van der Waals surface area contributed by atoms with Crippen molar-refractivity contribution in [3.05, 3.63) is 28.3 Å². The number of para-hydroxylation sites is 1. The Hall–Kier alpha value is -1.63. The van der Waals surface area contributed by atoms with Crippen molar-refractivity contribution in [3.8, 4) is 0 Å². The molecule has 0 spiro atoms. The Labute approximate surface area is 118 Å². The normalized spacial score (nSPS) is 15.1. The van der Waals surface area contributed by atoms with E-state index in [2.05, 4.69) is 0 Å². The molecule has 0 aromatic heterocycles. The molecule has 0 bridgehead atoms. The van der Waals surface area contributed by atoms with E-state index in [1.54, 1.807) is 24.1 Å². The summed E-state index contributed by atoms with van der Waals surface area (Å²) < 4.78 is 23.4. The summed E-state index contributed by atoms with van der Waals surface area (Å²) >= 11 is 0. The Balaban J connectivity index is 2.38. The molecule has 0 saturated heterocycles. The van der Waals surface area contributed by atoms with Crippen LogP contribution in [0, 0.1) is 16.0 Å². The molecule has 0 unspecified atom stereocenters. The highest BCUT2D eigenvalue weighted by Crippen LogP contribution is 2.36. The van der Waals surface area contributed by atoms with Gasteiger partial charge in [-0.25, -0.2) is 8.42 Å². The fourth-order valence-electron chi connectivity index (χ4n) is 2.20. The van der Waals surface area contributed by atoms with E-state index in [0.717, 1.165) is 18.6 Å². The van der Waals surface area contributed by atoms with E-state index in [1.165, 1.54) is 18.9 Å². The third kappa shape index (κ3) is 3.27. The molecule has 0 radical (unpaired) electrons. The molecule has 1 aliphatic rings. The highest BCUT2D eigenvalue weighted by Gasteiger charge is 2.28. The number of nitro groups is 1. The number of anilines is 1. The molecule has 0 heterocycles. The largest absolute Gasteiger partial charge is 0.369 e. The highest BCUT2D eigenvalue weighted by molar-refractivity contribution is 7.90. The van der Waals surface area contributed by atoms with Crippen LogP contribution in [-0.4, -0.2) is 33.2 Å². The maximum Gasteiger partial charge on any atom is 0.311 e. The molecule has 7 heteroatoms. The number of nitro benzene ring substituents is 1. The van der Waals surface area contributed by atoms with E-state index in [0.29, 0.717) is 12.2 Å². The van der Waals surface area contributed by atoms with Crippen molar-refractivity contribution in [2.24, 2.45) is 5.92 Å². The van der Waals surface area contributed by atoms with Gasteiger partial charge in [0.25, 0.3) is 0 Å². The Morgan fingerprint density at radius 3 is 2.55 bits per heavy atom. The van der Waals surface area contributed by atoms with Crippen molar-refractivity contribution < 1.29 is 13.3 Å². The van der Waals surface area contributed by atoms with Gasteiger partial charge in [0.1, 0.15) is 10.6 Å². The fourth-order valence-corrected chi connectivity index (χ4v) is 3.06. The number of benzene rings is 1. The smallest absolute Gasteiger partial charge is 0.311 e. The molecular formula is C13H18N2O4S. The molecule has 6 nitrogen and oxygen atoms in total. The predicted molar refractivity (Wildman–Crippen MR) is 76.8 cm³/mol. The maximum atomic E-state index is 11.7. The Bertz CT molecular complexity index is 623. The average molecular weight is 298 g/mol. The van der Waals surface area contributed by atoms with Crippen LogP contribution >= 0.6 is 0 Å². The highest BCUT2D eigenvalue weighted by atomic mass is 32.2. The fraction of sp³-hybridized carbons (Fsp3) is 0.538. The molecule has 1 saturated carbocycles. The lowest BCUT2D eigenvalue weighted by Gasteiger charge is -2.19. The van der Waals surface area contributed by atoms with Crippen molar-refractivity contribution >= 4 is 21.2 Å². The summed E-state index contributed by atoms with van der Waals surface area (Å²) in [5.41, 5.74) is 0.0341. The second-order valence-corrected chi connectivity index (χ2v) is 7.29. The first-order valence-electron chi connectivity index (χ1n) is 6.49. The van der Waals surface area contributed by atoms with Crippen molar-refractivity contribution in [3.63, 3.8) is 0 Å². The summed E-state index contributed by atoms with van der Waals surface area (Å²) in [4.78, 5) is 12.2. The molecule has 1 fully saturated rings. The van der Waals surface area contributed by atoms with Crippen LogP contribution in [0.5, 0.6) is 0 Å². The summed E-state index contributed by atoms with van der Waals surface area (Å²) in [5, 5.41) is 11.3. The third-order valence-corrected chi connectivity index (χ3v) is 4.67. The first-order chi connectivity index (χ1) is 9.30. The van der Waals surface area contributed by atoms with Crippen LogP contribution in [0.25, 0.3) is 0 Å². The number of nitrogens with zero attached hydrogens (tertiary/aromatic N) is 2. The van der Waals surface area contributed by atoms with Crippen molar-refractivity contribution in [1.82, 2.24) is 0 Å². The van der Waals surface area contributed by atoms with Gasteiger partial charge >= 0.3 is 5.69 Å². The van der Waals surface area contributed by atoms with Gasteiger partial charge in [0.15, 0.2) is 9.84 Å². The number of hydrogen-bond donors (Lipinski definition) is 0. The SMILES string of the molecule is CN(CCC1CC1)c1cccc(S(C)(=O)=O)c1[N+](=O)[O-]. The minimum Gasteiger partial charge on any atom is -0.369 e. The van der Waals surface area contributed by atoms with Gasteiger partial charge in [-0.3, -0.25) is 10.1 Å². The van der Waals surface area contributed by atoms with Crippen molar-refractivity contribution in [1.29, 1.82) is 0 Å². The molecule has 2 rings (SSSR count). The molecule has 1 aliphatic carbocycles. The van der Waals surface area contributed by atoms with E-state index in [1.807, 2.05) is 0 Å². The number of sulfone groups is 1. The minimum atomic E-state index is -3.62. The molecule has 0 aliphatic heterocycles. The lowest BCUT2D eigenvalue weighted by molar-refractivity contribution is -0.387. The van der Waals surface area contributed by atoms with Crippen LogP contribution in [0.2, 0.25) is 0 Å². The van der Waals surface area contributed by atoms with Gasteiger partial charge in [-0.05, 0) is 24.5 Å². The summed E-state index contributed by atoms with van der Waals surface area (Å²) in [6, 6.07) is 4.43. The quantitative estimate of drug-likeness (QED) is 0.594. The van der Waals surface area contributed by atoms with Crippen LogP contribution in [0.15, 0.2) is 23.1 Å². The van der Waals surface area contributed by atoms with Gasteiger partial charge in [-0.1, -0.05) is 18.9 Å². The Morgan fingerprint density at radius 1 is 1.40 bits per heavy atom. The second kappa shape index (κ2) is 5.40. The molecule has 0 N–H and O–H groups in total. The van der Waals surface area contributed by atoms with Crippen LogP contribution < -0.4 is 4.90 Å². The standard InChI is InChI=1S/C13H18N2O4S/c1-14(9-8-10-6-7-10)11-4-3-5-12(20(2,18)19)13(11)15(16)17/h3-5,10H,6-9H2,1-2H3. The van der Waals surface area contributed by atoms with Crippen LogP contribution in [0.4, 0.5) is 11.4 Å². The van der Waals surface area contributed by atoms with Gasteiger partial charge in [0, 0.05) is 19.8 Å². The third-order valence-electron chi connectivity index (χ3n) is 3.54. The molecule has 110 valence electrons. The van der Waals surface area contributed by atoms with Crippen LogP contribution in [-0.2, 0) is 9.84 Å². The molecule has 1 aromatic rings. The average Bonchev–Trinajstić information content (AvgIpc) is 3.17. The number of rotatable bonds is 6. The van der Waals surface area contributed by atoms with Crippen molar-refractivity contribution in [2.45, 2.75) is 24.2 Å². The molecular weight excluding hydrogens is 280 g/mol. The molecule has 0 atom stereocenters. The zero-order valence-corrected chi connectivity index (χ0v) is 12.4. The monoisotopic (exact) mass is 298 g/mol. The van der Waals surface area contributed by atoms with Gasteiger partial charge in [0.05, 0.1) is 4.92 Å². The van der Waals surface area contributed by atoms with E-state index in [9.17, 15) is 18.5 Å². The molecule has 20 heavy (non-hydrogen) atoms. The van der Waals surface area contributed by atoms with Gasteiger partial charge < -0.3 is 4.90 Å². The van der Waals surface area contributed by atoms with E-state index in [-0.39, 0.29) is 10.6 Å². The topological polar surface area (TPSA) is 80.5 Å². The van der Waals surface area contributed by atoms with E-state index in [4.69, 9.17) is 0 Å². The summed E-state index contributed by atoms with van der Waals surface area (Å²) in [7, 11) is -1.86. The number of hydrogen-bond acceptors (Lipinski definition) is 5. The second-order valence-electron chi connectivity index (χ2n) is 5.31. The molecule has 0 amide bonds. The van der Waals surface area contributed by atoms with Gasteiger partial charge in [-0.15, -0.1) is 0 Å². The first-order valence-corrected chi connectivity index (χ1v) is 8.38. The Kier molecular flexibility index (Phi) is 3.99. The summed E-state index contributed by atoms with van der Waals surface area (Å²) in [6.07, 6.45) is 4.42. The van der Waals surface area contributed by atoms with E-state index >= 15 is 0 Å². The lowest BCUT2D eigenvalue weighted by atomic mass is 10.2. The minimum absolute atomic E-state index is 0.224. The van der Waals surface area contributed by atoms with Crippen molar-refractivity contribution in [2.75, 3.05) is 24.7 Å². The molecule has 1 aromatic carbocycles. The predicted octanol–water partition coefficient (Wildman–Crippen LogP) is 2.23.